The van der Waals surface area contributed by atoms with Crippen LogP contribution >= 0.6 is 0 Å². The molecule has 2 rings (SSSR count). The third kappa shape index (κ3) is 11.8. The van der Waals surface area contributed by atoms with Crippen LogP contribution in [-0.2, 0) is 46.5 Å². The maximum atomic E-state index is 3.72. The van der Waals surface area contributed by atoms with Crippen LogP contribution in [0, 0.1) is 13.8 Å². The monoisotopic (exact) mass is 312 g/mol. The van der Waals surface area contributed by atoms with Crippen LogP contribution in [0.25, 0.3) is 0 Å². The minimum atomic E-state index is 0. The molecule has 90 valence electrons. The quantitative estimate of drug-likeness (QED) is 0.317. The fraction of sp³-hybridized carbons (Fsp3) is 0. The Hall–Kier alpha value is -0.497. The van der Waals surface area contributed by atoms with Gasteiger partial charge in [-0.15, -0.1) is 24.3 Å². The van der Waals surface area contributed by atoms with E-state index in [1.807, 2.05) is 60.7 Å². The summed E-state index contributed by atoms with van der Waals surface area (Å²) in [6.45, 7) is 7.44. The molecule has 0 N–H and O–H groups in total. The van der Waals surface area contributed by atoms with Crippen molar-refractivity contribution in [2.75, 3.05) is 0 Å². The molecule has 0 aliphatic heterocycles. The predicted octanol–water partition coefficient (Wildman–Crippen LogP) is 3.19. The van der Waals surface area contributed by atoms with E-state index >= 15 is 0 Å². The molecule has 0 amide bonds. The van der Waals surface area contributed by atoms with E-state index in [1.54, 1.807) is 0 Å². The van der Waals surface area contributed by atoms with Crippen LogP contribution in [0.2, 0.25) is 0 Å². The van der Waals surface area contributed by atoms with Gasteiger partial charge >= 0.3 is 0 Å². The summed E-state index contributed by atoms with van der Waals surface area (Å²) in [6, 6.07) is 19.7. The largest absolute Gasteiger partial charge is 0.813 e. The van der Waals surface area contributed by atoms with Crippen LogP contribution in [0.3, 0.4) is 0 Å². The minimum Gasteiger partial charge on any atom is -0.813 e. The number of hydrogen-bond donors (Lipinski definition) is 0. The molecular formula is C14H16S2Zn-4. The van der Waals surface area contributed by atoms with Crippen LogP contribution in [0.4, 0.5) is 0 Å². The average molecular weight is 314 g/mol. The van der Waals surface area contributed by atoms with Crippen LogP contribution in [-0.4, -0.2) is 0 Å². The SMILES string of the molecule is [CH2-]c1ccccc1.[CH2-]c1ccccc1.[SH-].[SH-].[Zn]. The molecule has 0 unspecified atom stereocenters. The van der Waals surface area contributed by atoms with Gasteiger partial charge in [0.15, 0.2) is 0 Å². The Morgan fingerprint density at radius 1 is 0.529 bits per heavy atom. The van der Waals surface area contributed by atoms with Crippen molar-refractivity contribution in [1.82, 2.24) is 0 Å². The van der Waals surface area contributed by atoms with E-state index in [1.165, 1.54) is 0 Å². The van der Waals surface area contributed by atoms with Gasteiger partial charge < -0.3 is 27.0 Å². The molecule has 3 heteroatoms. The van der Waals surface area contributed by atoms with Gasteiger partial charge in [-0.2, -0.15) is 49.2 Å². The van der Waals surface area contributed by atoms with Gasteiger partial charge in [0, 0.05) is 19.5 Å². The summed E-state index contributed by atoms with van der Waals surface area (Å²) >= 11 is 0. The molecule has 2 aromatic rings. The summed E-state index contributed by atoms with van der Waals surface area (Å²) in [4.78, 5) is 0. The fourth-order valence-corrected chi connectivity index (χ4v) is 0.956. The Kier molecular flexibility index (Phi) is 17.4. The Morgan fingerprint density at radius 3 is 0.882 bits per heavy atom. The molecule has 0 aromatic heterocycles. The maximum Gasteiger partial charge on any atom is 0 e. The Labute approximate surface area is 131 Å². The molecule has 0 nitrogen and oxygen atoms in total. The molecular weight excluding hydrogens is 298 g/mol. The number of benzene rings is 2. The summed E-state index contributed by atoms with van der Waals surface area (Å²) < 4.78 is 0. The summed E-state index contributed by atoms with van der Waals surface area (Å²) in [5, 5.41) is 0. The number of rotatable bonds is 0. The van der Waals surface area contributed by atoms with E-state index in [0.29, 0.717) is 0 Å². The zero-order valence-electron chi connectivity index (χ0n) is 9.79. The zero-order chi connectivity index (χ0) is 10.2. The van der Waals surface area contributed by atoms with E-state index in [0.717, 1.165) is 11.1 Å². The zero-order valence-corrected chi connectivity index (χ0v) is 14.5. The first kappa shape index (κ1) is 21.8. The van der Waals surface area contributed by atoms with Gasteiger partial charge in [0.05, 0.1) is 0 Å². The number of hydrogen-bond acceptors (Lipinski definition) is 2. The molecule has 0 atom stereocenters. The molecule has 0 saturated heterocycles. The van der Waals surface area contributed by atoms with Gasteiger partial charge in [-0.25, -0.2) is 0 Å². The second-order valence-electron chi connectivity index (χ2n) is 2.97. The molecule has 0 aliphatic rings. The standard InChI is InChI=1S/2C7H7.2H2S.Zn/c2*1-7-5-3-2-4-6-7;;;/h2*2-6H,1H2;2*1H2;/q2*-1;;;/p-2. The van der Waals surface area contributed by atoms with Crippen LogP contribution in [0.5, 0.6) is 0 Å². The summed E-state index contributed by atoms with van der Waals surface area (Å²) in [5.41, 5.74) is 2.14. The molecule has 0 spiro atoms. The van der Waals surface area contributed by atoms with Crippen LogP contribution in [0.1, 0.15) is 11.1 Å². The summed E-state index contributed by atoms with van der Waals surface area (Å²) in [7, 11) is 0. The van der Waals surface area contributed by atoms with Gasteiger partial charge in [-0.05, 0) is 0 Å². The van der Waals surface area contributed by atoms with Crippen molar-refractivity contribution in [2.24, 2.45) is 0 Å². The van der Waals surface area contributed by atoms with E-state index < -0.39 is 0 Å². The first-order valence-electron chi connectivity index (χ1n) is 4.53. The van der Waals surface area contributed by atoms with Gasteiger partial charge in [0.1, 0.15) is 0 Å². The third-order valence-corrected chi connectivity index (χ3v) is 1.69. The third-order valence-electron chi connectivity index (χ3n) is 1.69. The molecule has 0 saturated carbocycles. The minimum absolute atomic E-state index is 0. The van der Waals surface area contributed by atoms with Gasteiger partial charge in [0.2, 0.25) is 0 Å². The molecule has 0 aliphatic carbocycles. The van der Waals surface area contributed by atoms with Crippen molar-refractivity contribution < 1.29 is 19.5 Å². The van der Waals surface area contributed by atoms with Crippen molar-refractivity contribution in [3.63, 3.8) is 0 Å². The van der Waals surface area contributed by atoms with Crippen molar-refractivity contribution in [3.05, 3.63) is 85.6 Å². The van der Waals surface area contributed by atoms with Gasteiger partial charge in [0.25, 0.3) is 0 Å². The first-order valence-corrected chi connectivity index (χ1v) is 4.53. The smallest absolute Gasteiger partial charge is 0 e. The fourth-order valence-electron chi connectivity index (χ4n) is 0.956. The van der Waals surface area contributed by atoms with E-state index in [4.69, 9.17) is 0 Å². The Bertz CT molecular complexity index is 312. The predicted molar refractivity (Wildman–Crippen MR) is 79.3 cm³/mol. The summed E-state index contributed by atoms with van der Waals surface area (Å²) in [5.74, 6) is 0. The molecule has 0 heterocycles. The summed E-state index contributed by atoms with van der Waals surface area (Å²) in [6.07, 6.45) is 0. The van der Waals surface area contributed by atoms with E-state index in [2.05, 4.69) is 13.8 Å². The normalized spacial score (nSPS) is 7.06. The van der Waals surface area contributed by atoms with Gasteiger partial charge in [-0.3, -0.25) is 0 Å². The van der Waals surface area contributed by atoms with E-state index in [-0.39, 0.29) is 46.5 Å². The molecule has 0 radical (unpaired) electrons. The van der Waals surface area contributed by atoms with Crippen molar-refractivity contribution >= 4 is 27.0 Å². The Balaban J connectivity index is -0.000000196. The molecule has 0 fully saturated rings. The molecule has 0 bridgehead atoms. The topological polar surface area (TPSA) is 0 Å². The number of thiol groups is 2. The van der Waals surface area contributed by atoms with Gasteiger partial charge in [-0.1, -0.05) is 12.1 Å². The second-order valence-corrected chi connectivity index (χ2v) is 2.97. The van der Waals surface area contributed by atoms with Crippen LogP contribution in [0.15, 0.2) is 60.7 Å². The Morgan fingerprint density at radius 2 is 0.765 bits per heavy atom. The first-order chi connectivity index (χ1) is 6.79. The molecule has 2 aromatic carbocycles. The van der Waals surface area contributed by atoms with E-state index in [9.17, 15) is 0 Å². The second kappa shape index (κ2) is 13.6. The molecule has 17 heavy (non-hydrogen) atoms. The van der Waals surface area contributed by atoms with Crippen molar-refractivity contribution in [3.8, 4) is 0 Å². The average Bonchev–Trinajstić information content (AvgIpc) is 2.21. The van der Waals surface area contributed by atoms with Crippen LogP contribution < -0.4 is 0 Å². The van der Waals surface area contributed by atoms with Crippen molar-refractivity contribution in [1.29, 1.82) is 0 Å². The van der Waals surface area contributed by atoms with Crippen molar-refractivity contribution in [2.45, 2.75) is 0 Å². The maximum absolute atomic E-state index is 3.72.